The fourth-order valence-corrected chi connectivity index (χ4v) is 2.31. The minimum Gasteiger partial charge on any atom is -0.423 e. The van der Waals surface area contributed by atoms with Crippen LogP contribution in [0.15, 0.2) is 33.5 Å². The molecule has 9 heteroatoms. The third-order valence-electron chi connectivity index (χ3n) is 3.56. The summed E-state index contributed by atoms with van der Waals surface area (Å²) in [6.45, 7) is 2.30. The number of anilines is 1. The number of amides is 1. The Morgan fingerprint density at radius 2 is 2.08 bits per heavy atom. The fourth-order valence-electron chi connectivity index (χ4n) is 2.31. The van der Waals surface area contributed by atoms with Crippen molar-refractivity contribution in [1.29, 1.82) is 5.41 Å². The highest BCUT2D eigenvalue weighted by Gasteiger charge is 2.14. The number of guanidine groups is 1. The van der Waals surface area contributed by atoms with Crippen molar-refractivity contribution < 1.29 is 9.21 Å². The number of rotatable bonds is 6. The molecule has 1 aromatic carbocycles. The van der Waals surface area contributed by atoms with Crippen molar-refractivity contribution in [1.82, 2.24) is 5.32 Å². The SMILES string of the molecule is Cc1cc(=O)oc2cc(NC(=O)C(N)CCCNC(=N)N)ccc12.Cl. The van der Waals surface area contributed by atoms with Gasteiger partial charge in [0.05, 0.1) is 6.04 Å². The maximum Gasteiger partial charge on any atom is 0.336 e. The van der Waals surface area contributed by atoms with Crippen molar-refractivity contribution in [2.75, 3.05) is 11.9 Å². The first-order chi connectivity index (χ1) is 11.4. The van der Waals surface area contributed by atoms with Crippen LogP contribution in [0, 0.1) is 12.3 Å². The molecule has 0 saturated heterocycles. The van der Waals surface area contributed by atoms with E-state index in [9.17, 15) is 9.59 Å². The van der Waals surface area contributed by atoms with Gasteiger partial charge in [-0.05, 0) is 37.5 Å². The molecule has 0 spiro atoms. The van der Waals surface area contributed by atoms with Crippen LogP contribution in [0.25, 0.3) is 11.0 Å². The normalized spacial score (nSPS) is 11.4. The van der Waals surface area contributed by atoms with E-state index < -0.39 is 11.7 Å². The highest BCUT2D eigenvalue weighted by molar-refractivity contribution is 5.96. The lowest BCUT2D eigenvalue weighted by atomic mass is 10.1. The van der Waals surface area contributed by atoms with Crippen molar-refractivity contribution in [3.8, 4) is 0 Å². The number of halogens is 1. The number of hydrogen-bond acceptors (Lipinski definition) is 5. The van der Waals surface area contributed by atoms with E-state index in [1.165, 1.54) is 6.07 Å². The summed E-state index contributed by atoms with van der Waals surface area (Å²) in [5, 5.41) is 13.2. The summed E-state index contributed by atoms with van der Waals surface area (Å²) in [6, 6.07) is 5.86. The van der Waals surface area contributed by atoms with Gasteiger partial charge < -0.3 is 26.5 Å². The zero-order chi connectivity index (χ0) is 17.7. The van der Waals surface area contributed by atoms with E-state index in [4.69, 9.17) is 21.3 Å². The first-order valence-corrected chi connectivity index (χ1v) is 7.55. The van der Waals surface area contributed by atoms with Crippen LogP contribution >= 0.6 is 12.4 Å². The summed E-state index contributed by atoms with van der Waals surface area (Å²) in [5.41, 5.74) is 12.3. The van der Waals surface area contributed by atoms with Crippen molar-refractivity contribution in [3.63, 3.8) is 0 Å². The number of fused-ring (bicyclic) bond motifs is 1. The molecule has 0 radical (unpaired) electrons. The van der Waals surface area contributed by atoms with Gasteiger partial charge in [-0.1, -0.05) is 0 Å². The number of aryl methyl sites for hydroxylation is 1. The second-order valence-corrected chi connectivity index (χ2v) is 5.54. The number of carbonyl (C=O) groups is 1. The number of nitrogens with two attached hydrogens (primary N) is 2. The minimum absolute atomic E-state index is 0. The summed E-state index contributed by atoms with van der Waals surface area (Å²) in [6.07, 6.45) is 1.06. The Labute approximate surface area is 150 Å². The van der Waals surface area contributed by atoms with Gasteiger partial charge in [0.15, 0.2) is 5.96 Å². The Kier molecular flexibility index (Phi) is 7.41. The lowest BCUT2D eigenvalue weighted by molar-refractivity contribution is -0.117. The molecule has 2 aromatic rings. The Balaban J connectivity index is 0.00000312. The van der Waals surface area contributed by atoms with Gasteiger partial charge in [0, 0.05) is 29.8 Å². The summed E-state index contributed by atoms with van der Waals surface area (Å²) in [4.78, 5) is 23.5. The van der Waals surface area contributed by atoms with Crippen LogP contribution < -0.4 is 27.7 Å². The third-order valence-corrected chi connectivity index (χ3v) is 3.56. The molecule has 1 atom stereocenters. The monoisotopic (exact) mass is 367 g/mol. The van der Waals surface area contributed by atoms with Crippen molar-refractivity contribution in [3.05, 3.63) is 40.2 Å². The summed E-state index contributed by atoms with van der Waals surface area (Å²) in [7, 11) is 0. The minimum atomic E-state index is -0.682. The summed E-state index contributed by atoms with van der Waals surface area (Å²) < 4.78 is 5.15. The molecule has 2 rings (SSSR count). The number of benzene rings is 1. The molecule has 0 fully saturated rings. The van der Waals surface area contributed by atoms with Gasteiger partial charge >= 0.3 is 5.63 Å². The van der Waals surface area contributed by atoms with Gasteiger partial charge in [0.25, 0.3) is 0 Å². The quantitative estimate of drug-likeness (QED) is 0.223. The fraction of sp³-hybridized carbons (Fsp3) is 0.312. The number of hydrogen-bond donors (Lipinski definition) is 5. The van der Waals surface area contributed by atoms with Crippen LogP contribution in [0.5, 0.6) is 0 Å². The van der Waals surface area contributed by atoms with E-state index in [0.717, 1.165) is 10.9 Å². The van der Waals surface area contributed by atoms with E-state index in [-0.39, 0.29) is 24.3 Å². The van der Waals surface area contributed by atoms with Crippen molar-refractivity contribution in [2.24, 2.45) is 11.5 Å². The smallest absolute Gasteiger partial charge is 0.336 e. The lowest BCUT2D eigenvalue weighted by Crippen LogP contribution is -2.37. The average Bonchev–Trinajstić information content (AvgIpc) is 2.50. The molecular weight excluding hydrogens is 346 g/mol. The molecule has 0 saturated carbocycles. The predicted molar refractivity (Wildman–Crippen MR) is 100 cm³/mol. The van der Waals surface area contributed by atoms with Crippen LogP contribution in [0.4, 0.5) is 5.69 Å². The lowest BCUT2D eigenvalue weighted by Gasteiger charge is -2.13. The molecule has 1 unspecified atom stereocenters. The second-order valence-electron chi connectivity index (χ2n) is 5.54. The molecule has 7 N–H and O–H groups in total. The molecule has 1 amide bonds. The molecule has 8 nitrogen and oxygen atoms in total. The molecule has 0 aliphatic heterocycles. The predicted octanol–water partition coefficient (Wildman–Crippen LogP) is 1.05. The maximum atomic E-state index is 12.1. The van der Waals surface area contributed by atoms with Crippen molar-refractivity contribution in [2.45, 2.75) is 25.8 Å². The summed E-state index contributed by atoms with van der Waals surface area (Å²) in [5.74, 6) is -0.437. The molecule has 0 aliphatic rings. The Bertz CT molecular complexity index is 821. The van der Waals surface area contributed by atoms with Crippen LogP contribution in [-0.4, -0.2) is 24.5 Å². The van der Waals surface area contributed by atoms with E-state index >= 15 is 0 Å². The molecule has 25 heavy (non-hydrogen) atoms. The standard InChI is InChI=1S/C16H21N5O3.ClH/c1-9-7-14(22)24-13-8-10(4-5-11(9)13)21-15(23)12(17)3-2-6-20-16(18)19;/h4-5,7-8,12H,2-3,6,17H2,1H3,(H,21,23)(H4,18,19,20);1H. The highest BCUT2D eigenvalue weighted by atomic mass is 35.5. The first kappa shape index (κ1) is 20.5. The molecule has 136 valence electrons. The van der Waals surface area contributed by atoms with E-state index in [0.29, 0.717) is 30.7 Å². The van der Waals surface area contributed by atoms with Crippen molar-refractivity contribution >= 4 is 40.9 Å². The molecule has 1 aromatic heterocycles. The Hall–Kier alpha value is -2.58. The van der Waals surface area contributed by atoms with E-state index in [1.54, 1.807) is 18.2 Å². The number of nitrogens with one attached hydrogen (secondary N) is 3. The topological polar surface area (TPSA) is 147 Å². The van der Waals surface area contributed by atoms with Gasteiger partial charge in [-0.15, -0.1) is 12.4 Å². The van der Waals surface area contributed by atoms with Crippen LogP contribution in [0.3, 0.4) is 0 Å². The molecule has 1 heterocycles. The van der Waals surface area contributed by atoms with Gasteiger partial charge in [0.1, 0.15) is 5.58 Å². The van der Waals surface area contributed by atoms with Crippen LogP contribution in [0.1, 0.15) is 18.4 Å². The average molecular weight is 368 g/mol. The summed E-state index contributed by atoms with van der Waals surface area (Å²) >= 11 is 0. The second kappa shape index (κ2) is 9.05. The van der Waals surface area contributed by atoms with E-state index in [2.05, 4.69) is 10.6 Å². The van der Waals surface area contributed by atoms with Gasteiger partial charge in [-0.2, -0.15) is 0 Å². The van der Waals surface area contributed by atoms with Gasteiger partial charge in [-0.25, -0.2) is 4.79 Å². The molecule has 0 bridgehead atoms. The van der Waals surface area contributed by atoms with Crippen LogP contribution in [-0.2, 0) is 4.79 Å². The first-order valence-electron chi connectivity index (χ1n) is 7.55. The van der Waals surface area contributed by atoms with Gasteiger partial charge in [-0.3, -0.25) is 10.2 Å². The van der Waals surface area contributed by atoms with Crippen LogP contribution in [0.2, 0.25) is 0 Å². The largest absolute Gasteiger partial charge is 0.423 e. The highest BCUT2D eigenvalue weighted by Crippen LogP contribution is 2.20. The zero-order valence-electron chi connectivity index (χ0n) is 13.8. The zero-order valence-corrected chi connectivity index (χ0v) is 14.6. The molecular formula is C16H22ClN5O3. The van der Waals surface area contributed by atoms with E-state index in [1.807, 2.05) is 6.92 Å². The molecule has 0 aliphatic carbocycles. The maximum absolute atomic E-state index is 12.1. The number of carbonyl (C=O) groups excluding carboxylic acids is 1. The Morgan fingerprint density at radius 1 is 1.36 bits per heavy atom. The third kappa shape index (κ3) is 5.77. The van der Waals surface area contributed by atoms with Gasteiger partial charge in [0.2, 0.25) is 5.91 Å². The Morgan fingerprint density at radius 3 is 2.76 bits per heavy atom.